The zero-order valence-corrected chi connectivity index (χ0v) is 13.6. The summed E-state index contributed by atoms with van der Waals surface area (Å²) in [6, 6.07) is 6.68. The summed E-state index contributed by atoms with van der Waals surface area (Å²) in [4.78, 5) is 23.9. The fourth-order valence-electron chi connectivity index (χ4n) is 2.95. The molecule has 1 aromatic carbocycles. The molecule has 1 aliphatic carbocycles. The van der Waals surface area contributed by atoms with Crippen LogP contribution < -0.4 is 10.6 Å². The van der Waals surface area contributed by atoms with E-state index in [0.29, 0.717) is 12.0 Å². The second kappa shape index (κ2) is 8.65. The first-order valence-electron chi connectivity index (χ1n) is 8.36. The van der Waals surface area contributed by atoms with Crippen LogP contribution in [0.25, 0.3) is 0 Å². The lowest BCUT2D eigenvalue weighted by atomic mass is 9.95. The van der Waals surface area contributed by atoms with E-state index in [9.17, 15) is 14.0 Å². The number of carbonyl (C=O) groups excluding carboxylic acids is 2. The number of carbonyl (C=O) groups is 2. The van der Waals surface area contributed by atoms with Crippen LogP contribution >= 0.6 is 0 Å². The van der Waals surface area contributed by atoms with Crippen molar-refractivity contribution < 1.29 is 14.0 Å². The Bertz CT molecular complexity index is 542. The van der Waals surface area contributed by atoms with Crippen LogP contribution in [-0.2, 0) is 16.0 Å². The van der Waals surface area contributed by atoms with E-state index in [4.69, 9.17) is 0 Å². The Labute approximate surface area is 136 Å². The molecule has 0 heterocycles. The van der Waals surface area contributed by atoms with E-state index in [1.165, 1.54) is 12.5 Å². The van der Waals surface area contributed by atoms with Gasteiger partial charge in [-0.25, -0.2) is 4.39 Å². The van der Waals surface area contributed by atoms with Crippen LogP contribution in [0.15, 0.2) is 24.3 Å². The molecular weight excluding hydrogens is 295 g/mol. The zero-order chi connectivity index (χ0) is 16.7. The van der Waals surface area contributed by atoms with Gasteiger partial charge in [0.25, 0.3) is 0 Å². The maximum atomic E-state index is 13.6. The Hall–Kier alpha value is -1.91. The third-order valence-electron chi connectivity index (χ3n) is 4.32. The number of benzene rings is 1. The van der Waals surface area contributed by atoms with Crippen molar-refractivity contribution in [2.75, 3.05) is 6.54 Å². The maximum absolute atomic E-state index is 13.6. The van der Waals surface area contributed by atoms with E-state index in [2.05, 4.69) is 10.6 Å². The zero-order valence-electron chi connectivity index (χ0n) is 13.6. The summed E-state index contributed by atoms with van der Waals surface area (Å²) in [5.41, 5.74) is 0.516. The lowest BCUT2D eigenvalue weighted by Gasteiger charge is -2.23. The lowest BCUT2D eigenvalue weighted by Crippen LogP contribution is -2.43. The minimum Gasteiger partial charge on any atom is -0.352 e. The Kier molecular flexibility index (Phi) is 6.56. The van der Waals surface area contributed by atoms with E-state index >= 15 is 0 Å². The van der Waals surface area contributed by atoms with Crippen molar-refractivity contribution in [2.24, 2.45) is 5.92 Å². The fourth-order valence-corrected chi connectivity index (χ4v) is 2.95. The van der Waals surface area contributed by atoms with Crippen LogP contribution in [0, 0.1) is 11.7 Å². The standard InChI is InChI=1S/C18H25FN2O2/c1-13(11-14-7-5-6-10-16(14)19)18(23)20-12-17(22)21-15-8-3-2-4-9-15/h5-7,10,13,15H,2-4,8-9,11-12H2,1H3,(H,20,23)(H,21,22). The van der Waals surface area contributed by atoms with Gasteiger partial charge in [0.15, 0.2) is 0 Å². The molecule has 2 N–H and O–H groups in total. The summed E-state index contributed by atoms with van der Waals surface area (Å²) in [6.45, 7) is 1.72. The van der Waals surface area contributed by atoms with E-state index in [-0.39, 0.29) is 36.1 Å². The highest BCUT2D eigenvalue weighted by Gasteiger charge is 2.18. The lowest BCUT2D eigenvalue weighted by molar-refractivity contribution is -0.128. The Morgan fingerprint density at radius 3 is 2.61 bits per heavy atom. The van der Waals surface area contributed by atoms with Crippen molar-refractivity contribution in [3.63, 3.8) is 0 Å². The molecule has 1 saturated carbocycles. The summed E-state index contributed by atoms with van der Waals surface area (Å²) in [7, 11) is 0. The quantitative estimate of drug-likeness (QED) is 0.846. The molecule has 1 aliphatic rings. The highest BCUT2D eigenvalue weighted by molar-refractivity contribution is 5.85. The van der Waals surface area contributed by atoms with Crippen molar-refractivity contribution in [1.82, 2.24) is 10.6 Å². The van der Waals surface area contributed by atoms with Crippen molar-refractivity contribution in [1.29, 1.82) is 0 Å². The van der Waals surface area contributed by atoms with Crippen LogP contribution in [0.3, 0.4) is 0 Å². The van der Waals surface area contributed by atoms with Crippen molar-refractivity contribution in [3.8, 4) is 0 Å². The molecular formula is C18H25FN2O2. The molecule has 0 bridgehead atoms. The van der Waals surface area contributed by atoms with Gasteiger partial charge in [-0.1, -0.05) is 44.4 Å². The molecule has 126 valence electrons. The fraction of sp³-hybridized carbons (Fsp3) is 0.556. The molecule has 0 aromatic heterocycles. The van der Waals surface area contributed by atoms with Crippen LogP contribution in [0.1, 0.15) is 44.6 Å². The minimum absolute atomic E-state index is 0.0169. The van der Waals surface area contributed by atoms with E-state index in [1.807, 2.05) is 0 Å². The highest BCUT2D eigenvalue weighted by atomic mass is 19.1. The third-order valence-corrected chi connectivity index (χ3v) is 4.32. The van der Waals surface area contributed by atoms with Crippen molar-refractivity contribution in [3.05, 3.63) is 35.6 Å². The number of nitrogens with one attached hydrogen (secondary N) is 2. The van der Waals surface area contributed by atoms with Gasteiger partial charge < -0.3 is 10.6 Å². The largest absolute Gasteiger partial charge is 0.352 e. The molecule has 0 saturated heterocycles. The van der Waals surface area contributed by atoms with Crippen LogP contribution in [0.4, 0.5) is 4.39 Å². The van der Waals surface area contributed by atoms with Crippen molar-refractivity contribution >= 4 is 11.8 Å². The average molecular weight is 320 g/mol. The molecule has 1 aromatic rings. The number of hydrogen-bond donors (Lipinski definition) is 2. The molecule has 0 radical (unpaired) electrons. The number of amides is 2. The van der Waals surface area contributed by atoms with Crippen LogP contribution in [0.2, 0.25) is 0 Å². The Morgan fingerprint density at radius 1 is 1.22 bits per heavy atom. The molecule has 0 aliphatic heterocycles. The highest BCUT2D eigenvalue weighted by Crippen LogP contribution is 2.17. The second-order valence-electron chi connectivity index (χ2n) is 6.32. The predicted molar refractivity (Wildman–Crippen MR) is 87.3 cm³/mol. The van der Waals surface area contributed by atoms with Gasteiger partial charge in [0.2, 0.25) is 11.8 Å². The Morgan fingerprint density at radius 2 is 1.91 bits per heavy atom. The predicted octanol–water partition coefficient (Wildman–Crippen LogP) is 2.57. The van der Waals surface area contributed by atoms with Crippen LogP contribution in [-0.4, -0.2) is 24.4 Å². The van der Waals surface area contributed by atoms with E-state index in [1.54, 1.807) is 25.1 Å². The third kappa shape index (κ3) is 5.66. The smallest absolute Gasteiger partial charge is 0.239 e. The normalized spacial score (nSPS) is 16.6. The van der Waals surface area contributed by atoms with Gasteiger partial charge in [-0.05, 0) is 30.9 Å². The van der Waals surface area contributed by atoms with E-state index in [0.717, 1.165) is 25.7 Å². The Balaban J connectivity index is 1.73. The van der Waals surface area contributed by atoms with E-state index < -0.39 is 0 Å². The maximum Gasteiger partial charge on any atom is 0.239 e. The molecule has 1 atom stereocenters. The molecule has 1 fully saturated rings. The number of halogens is 1. The van der Waals surface area contributed by atoms with Gasteiger partial charge in [-0.3, -0.25) is 9.59 Å². The average Bonchev–Trinajstić information content (AvgIpc) is 2.55. The summed E-state index contributed by atoms with van der Waals surface area (Å²) in [5, 5.41) is 5.60. The van der Waals surface area contributed by atoms with Crippen LogP contribution in [0.5, 0.6) is 0 Å². The molecule has 0 spiro atoms. The first-order valence-corrected chi connectivity index (χ1v) is 8.36. The molecule has 4 nitrogen and oxygen atoms in total. The summed E-state index contributed by atoms with van der Waals surface area (Å²) in [6.07, 6.45) is 5.89. The monoisotopic (exact) mass is 320 g/mol. The molecule has 5 heteroatoms. The molecule has 23 heavy (non-hydrogen) atoms. The van der Waals surface area contributed by atoms with Gasteiger partial charge >= 0.3 is 0 Å². The summed E-state index contributed by atoms with van der Waals surface area (Å²) in [5.74, 6) is -1.06. The summed E-state index contributed by atoms with van der Waals surface area (Å²) >= 11 is 0. The molecule has 2 amide bonds. The SMILES string of the molecule is CC(Cc1ccccc1F)C(=O)NCC(=O)NC1CCCCC1. The topological polar surface area (TPSA) is 58.2 Å². The summed E-state index contributed by atoms with van der Waals surface area (Å²) < 4.78 is 13.6. The first-order chi connectivity index (χ1) is 11.1. The molecule has 2 rings (SSSR count). The van der Waals surface area contributed by atoms with Gasteiger partial charge in [-0.2, -0.15) is 0 Å². The second-order valence-corrected chi connectivity index (χ2v) is 6.32. The van der Waals surface area contributed by atoms with Gasteiger partial charge in [-0.15, -0.1) is 0 Å². The number of hydrogen-bond acceptors (Lipinski definition) is 2. The van der Waals surface area contributed by atoms with Crippen molar-refractivity contribution in [2.45, 2.75) is 51.5 Å². The van der Waals surface area contributed by atoms with Gasteiger partial charge in [0, 0.05) is 12.0 Å². The molecule has 1 unspecified atom stereocenters. The first kappa shape index (κ1) is 17.4. The minimum atomic E-state index is -0.380. The van der Waals surface area contributed by atoms with Gasteiger partial charge in [0.1, 0.15) is 5.82 Å². The number of rotatable bonds is 6. The van der Waals surface area contributed by atoms with Gasteiger partial charge in [0.05, 0.1) is 6.54 Å².